The molecule has 0 aliphatic heterocycles. The lowest BCUT2D eigenvalue weighted by molar-refractivity contribution is -0.384. The Bertz CT molecular complexity index is 997. The van der Waals surface area contributed by atoms with Crippen molar-refractivity contribution in [1.29, 1.82) is 0 Å². The highest BCUT2D eigenvalue weighted by molar-refractivity contribution is 14.1. The van der Waals surface area contributed by atoms with E-state index >= 15 is 0 Å². The van der Waals surface area contributed by atoms with Crippen LogP contribution in [0.15, 0.2) is 70.2 Å². The van der Waals surface area contributed by atoms with Crippen LogP contribution in [0.1, 0.15) is 16.1 Å². The number of non-ortho nitro benzene ring substituents is 1. The molecule has 0 atom stereocenters. The number of hydrogen-bond donors (Lipinski definition) is 1. The van der Waals surface area contributed by atoms with Gasteiger partial charge in [-0.05, 0) is 52.9 Å². The summed E-state index contributed by atoms with van der Waals surface area (Å²) in [5, 5.41) is 14.7. The van der Waals surface area contributed by atoms with Gasteiger partial charge in [0.1, 0.15) is 11.5 Å². The first-order valence-corrected chi connectivity index (χ1v) is 8.54. The molecule has 0 aliphatic rings. The van der Waals surface area contributed by atoms with Crippen molar-refractivity contribution in [1.82, 2.24) is 5.43 Å². The van der Waals surface area contributed by atoms with Crippen molar-refractivity contribution < 1.29 is 14.1 Å². The monoisotopic (exact) mass is 461 g/mol. The van der Waals surface area contributed by atoms with E-state index in [1.54, 1.807) is 42.5 Å². The third kappa shape index (κ3) is 4.33. The molecule has 1 aromatic heterocycles. The fraction of sp³-hybridized carbons (Fsp3) is 0. The molecular formula is C18H12IN3O4. The molecule has 0 saturated carbocycles. The van der Waals surface area contributed by atoms with Gasteiger partial charge in [0.15, 0.2) is 0 Å². The number of hydrogen-bond acceptors (Lipinski definition) is 5. The second-order valence-corrected chi connectivity index (χ2v) is 6.46. The van der Waals surface area contributed by atoms with Crippen molar-refractivity contribution >= 4 is 40.4 Å². The number of carbonyl (C=O) groups excluding carboxylic acids is 1. The van der Waals surface area contributed by atoms with Crippen molar-refractivity contribution in [2.75, 3.05) is 0 Å². The molecule has 3 aromatic rings. The van der Waals surface area contributed by atoms with E-state index < -0.39 is 4.92 Å². The Kier molecular flexibility index (Phi) is 5.42. The first-order chi connectivity index (χ1) is 12.5. The molecule has 7 nitrogen and oxygen atoms in total. The second-order valence-electron chi connectivity index (χ2n) is 5.22. The Morgan fingerprint density at radius 1 is 1.15 bits per heavy atom. The summed E-state index contributed by atoms with van der Waals surface area (Å²) in [5.41, 5.74) is 3.50. The highest BCUT2D eigenvalue weighted by Gasteiger charge is 2.10. The Labute approximate surface area is 162 Å². The van der Waals surface area contributed by atoms with E-state index in [4.69, 9.17) is 4.42 Å². The summed E-state index contributed by atoms with van der Waals surface area (Å²) < 4.78 is 6.54. The molecule has 26 heavy (non-hydrogen) atoms. The number of nitrogens with one attached hydrogen (secondary N) is 1. The van der Waals surface area contributed by atoms with Crippen LogP contribution in [-0.2, 0) is 0 Å². The minimum atomic E-state index is -0.463. The Morgan fingerprint density at radius 3 is 2.73 bits per heavy atom. The summed E-state index contributed by atoms with van der Waals surface area (Å²) in [4.78, 5) is 22.4. The SMILES string of the molecule is O=C(N/N=C\c1ccc(-c2cccc([N+](=O)[O-])c2)o1)c1cccc(I)c1. The molecule has 1 heterocycles. The second kappa shape index (κ2) is 7.91. The van der Waals surface area contributed by atoms with Gasteiger partial charge < -0.3 is 4.42 Å². The van der Waals surface area contributed by atoms with Gasteiger partial charge in [0.05, 0.1) is 11.1 Å². The van der Waals surface area contributed by atoms with Crippen molar-refractivity contribution in [2.45, 2.75) is 0 Å². The van der Waals surface area contributed by atoms with E-state index in [0.717, 1.165) is 3.57 Å². The molecule has 0 bridgehead atoms. The topological polar surface area (TPSA) is 97.7 Å². The standard InChI is InChI=1S/C18H12IN3O4/c19-14-5-1-4-13(9-14)18(23)21-20-11-16-7-8-17(26-16)12-3-2-6-15(10-12)22(24)25/h1-11H,(H,21,23)/b20-11-. The van der Waals surface area contributed by atoms with Crippen molar-refractivity contribution in [3.63, 3.8) is 0 Å². The number of nitro benzene ring substituents is 1. The molecule has 0 spiro atoms. The number of nitrogens with zero attached hydrogens (tertiary/aromatic N) is 2. The number of hydrazone groups is 1. The van der Waals surface area contributed by atoms with Gasteiger partial charge in [0, 0.05) is 26.8 Å². The summed E-state index contributed by atoms with van der Waals surface area (Å²) in [7, 11) is 0. The minimum absolute atomic E-state index is 0.0149. The summed E-state index contributed by atoms with van der Waals surface area (Å²) in [5.74, 6) is 0.554. The van der Waals surface area contributed by atoms with Gasteiger partial charge in [-0.3, -0.25) is 14.9 Å². The zero-order valence-corrected chi connectivity index (χ0v) is 15.4. The lowest BCUT2D eigenvalue weighted by Gasteiger charge is -1.99. The lowest BCUT2D eigenvalue weighted by Crippen LogP contribution is -2.17. The molecule has 0 fully saturated rings. The van der Waals surface area contributed by atoms with Gasteiger partial charge in [0.2, 0.25) is 0 Å². The number of amides is 1. The van der Waals surface area contributed by atoms with Gasteiger partial charge >= 0.3 is 0 Å². The summed E-state index contributed by atoms with van der Waals surface area (Å²) in [6.07, 6.45) is 1.37. The predicted octanol–water partition coefficient (Wildman–Crippen LogP) is 4.22. The molecular weight excluding hydrogens is 449 g/mol. The normalized spacial score (nSPS) is 10.8. The molecule has 0 unspecified atom stereocenters. The van der Waals surface area contributed by atoms with Gasteiger partial charge in [-0.1, -0.05) is 18.2 Å². The van der Waals surface area contributed by atoms with E-state index in [1.165, 1.54) is 18.3 Å². The van der Waals surface area contributed by atoms with Crippen LogP contribution in [0.2, 0.25) is 0 Å². The van der Waals surface area contributed by atoms with Gasteiger partial charge in [0.25, 0.3) is 11.6 Å². The third-order valence-corrected chi connectivity index (χ3v) is 4.08. The smallest absolute Gasteiger partial charge is 0.271 e. The zero-order chi connectivity index (χ0) is 18.5. The Hall–Kier alpha value is -3.01. The molecule has 0 radical (unpaired) electrons. The predicted molar refractivity (Wildman–Crippen MR) is 105 cm³/mol. The summed E-state index contributed by atoms with van der Waals surface area (Å²) >= 11 is 2.12. The molecule has 3 rings (SSSR count). The number of halogens is 1. The van der Waals surface area contributed by atoms with Crippen LogP contribution >= 0.6 is 22.6 Å². The highest BCUT2D eigenvalue weighted by Crippen LogP contribution is 2.25. The molecule has 0 saturated heterocycles. The molecule has 8 heteroatoms. The number of carbonyl (C=O) groups is 1. The number of nitro groups is 1. The summed E-state index contributed by atoms with van der Waals surface area (Å²) in [6, 6.07) is 16.6. The van der Waals surface area contributed by atoms with E-state index in [2.05, 4.69) is 33.1 Å². The molecule has 1 N–H and O–H groups in total. The van der Waals surface area contributed by atoms with Crippen molar-refractivity contribution in [2.24, 2.45) is 5.10 Å². The zero-order valence-electron chi connectivity index (χ0n) is 13.3. The van der Waals surface area contributed by atoms with Gasteiger partial charge in [-0.15, -0.1) is 0 Å². The maximum Gasteiger partial charge on any atom is 0.271 e. The Balaban J connectivity index is 1.68. The van der Waals surface area contributed by atoms with Crippen LogP contribution in [0, 0.1) is 13.7 Å². The maximum atomic E-state index is 12.0. The van der Waals surface area contributed by atoms with Crippen LogP contribution in [0.4, 0.5) is 5.69 Å². The first-order valence-electron chi connectivity index (χ1n) is 7.46. The van der Waals surface area contributed by atoms with Gasteiger partial charge in [-0.2, -0.15) is 5.10 Å². The Morgan fingerprint density at radius 2 is 1.96 bits per heavy atom. The largest absolute Gasteiger partial charge is 0.455 e. The van der Waals surface area contributed by atoms with E-state index in [1.807, 2.05) is 6.07 Å². The fourth-order valence-corrected chi connectivity index (χ4v) is 2.74. The quantitative estimate of drug-likeness (QED) is 0.266. The summed E-state index contributed by atoms with van der Waals surface area (Å²) in [6.45, 7) is 0. The van der Waals surface area contributed by atoms with Gasteiger partial charge in [-0.25, -0.2) is 5.43 Å². The number of benzene rings is 2. The van der Waals surface area contributed by atoms with Crippen LogP contribution < -0.4 is 5.43 Å². The highest BCUT2D eigenvalue weighted by atomic mass is 127. The molecule has 130 valence electrons. The maximum absolute atomic E-state index is 12.0. The van der Waals surface area contributed by atoms with E-state index in [0.29, 0.717) is 22.6 Å². The molecule has 0 aliphatic carbocycles. The molecule has 1 amide bonds. The molecule has 2 aromatic carbocycles. The van der Waals surface area contributed by atoms with Crippen LogP contribution in [0.25, 0.3) is 11.3 Å². The number of furan rings is 1. The van der Waals surface area contributed by atoms with E-state index in [-0.39, 0.29) is 11.6 Å². The minimum Gasteiger partial charge on any atom is -0.455 e. The van der Waals surface area contributed by atoms with Crippen LogP contribution in [0.5, 0.6) is 0 Å². The van der Waals surface area contributed by atoms with Crippen LogP contribution in [0.3, 0.4) is 0 Å². The average molecular weight is 461 g/mol. The first kappa shape index (κ1) is 17.8. The third-order valence-electron chi connectivity index (χ3n) is 3.41. The average Bonchev–Trinajstić information content (AvgIpc) is 3.10. The number of rotatable bonds is 5. The van der Waals surface area contributed by atoms with E-state index in [9.17, 15) is 14.9 Å². The van der Waals surface area contributed by atoms with Crippen molar-refractivity contribution in [3.05, 3.63) is 85.7 Å². The van der Waals surface area contributed by atoms with Crippen LogP contribution in [-0.4, -0.2) is 17.0 Å². The fourth-order valence-electron chi connectivity index (χ4n) is 2.20. The lowest BCUT2D eigenvalue weighted by atomic mass is 10.1. The van der Waals surface area contributed by atoms with Crippen molar-refractivity contribution in [3.8, 4) is 11.3 Å².